The first-order chi connectivity index (χ1) is 12.0. The summed E-state index contributed by atoms with van der Waals surface area (Å²) in [5.41, 5.74) is 4.90. The molecule has 0 aliphatic carbocycles. The van der Waals surface area contributed by atoms with E-state index in [0.717, 1.165) is 22.5 Å². The molecule has 2 aromatic carbocycles. The highest BCUT2D eigenvalue weighted by molar-refractivity contribution is 5.75. The number of hydrogen-bond donors (Lipinski definition) is 0. The lowest BCUT2D eigenvalue weighted by molar-refractivity contribution is -0.138. The molecule has 128 valence electrons. The van der Waals surface area contributed by atoms with Crippen LogP contribution in [-0.4, -0.2) is 15.7 Å². The molecule has 3 rings (SSSR count). The van der Waals surface area contributed by atoms with Crippen LogP contribution in [0, 0.1) is 19.8 Å². The standard InChI is InChI=1S/C21H22N2O2/c1-14(2)21(24)25-20-13-18(17-8-6-5-7-9-17)22-23(20)19-11-10-15(3)12-16(19)4/h5-14H,1-4H3. The molecule has 0 aliphatic heterocycles. The third kappa shape index (κ3) is 3.63. The average molecular weight is 334 g/mol. The van der Waals surface area contributed by atoms with Gasteiger partial charge in [-0.15, -0.1) is 0 Å². The molecule has 1 aromatic heterocycles. The minimum absolute atomic E-state index is 0.206. The van der Waals surface area contributed by atoms with E-state index in [-0.39, 0.29) is 11.9 Å². The number of benzene rings is 2. The third-order valence-electron chi connectivity index (χ3n) is 4.00. The number of carbonyl (C=O) groups is 1. The lowest BCUT2D eigenvalue weighted by Gasteiger charge is -2.11. The second-order valence-corrected chi connectivity index (χ2v) is 6.51. The van der Waals surface area contributed by atoms with Gasteiger partial charge in [0, 0.05) is 11.6 Å². The molecule has 3 aromatic rings. The van der Waals surface area contributed by atoms with Gasteiger partial charge in [-0.1, -0.05) is 61.9 Å². The monoisotopic (exact) mass is 334 g/mol. The highest BCUT2D eigenvalue weighted by Gasteiger charge is 2.18. The molecule has 0 spiro atoms. The topological polar surface area (TPSA) is 44.1 Å². The fourth-order valence-corrected chi connectivity index (χ4v) is 2.62. The Kier molecular flexibility index (Phi) is 4.70. The largest absolute Gasteiger partial charge is 0.407 e. The molecule has 0 radical (unpaired) electrons. The van der Waals surface area contributed by atoms with E-state index >= 15 is 0 Å². The van der Waals surface area contributed by atoms with E-state index in [1.807, 2.05) is 69.3 Å². The van der Waals surface area contributed by atoms with Crippen LogP contribution in [0.15, 0.2) is 54.6 Å². The Labute approximate surface area is 148 Å². The van der Waals surface area contributed by atoms with Gasteiger partial charge in [0.05, 0.1) is 17.3 Å². The number of aryl methyl sites for hydroxylation is 2. The van der Waals surface area contributed by atoms with Crippen LogP contribution in [-0.2, 0) is 4.79 Å². The van der Waals surface area contributed by atoms with Crippen LogP contribution in [0.3, 0.4) is 0 Å². The van der Waals surface area contributed by atoms with Crippen LogP contribution in [0.2, 0.25) is 0 Å². The fraction of sp³-hybridized carbons (Fsp3) is 0.238. The van der Waals surface area contributed by atoms with Gasteiger partial charge in [-0.2, -0.15) is 9.78 Å². The minimum atomic E-state index is -0.273. The summed E-state index contributed by atoms with van der Waals surface area (Å²) in [5, 5.41) is 4.69. The second kappa shape index (κ2) is 6.93. The molecule has 0 amide bonds. The lowest BCUT2D eigenvalue weighted by Crippen LogP contribution is -2.17. The zero-order valence-corrected chi connectivity index (χ0v) is 15.0. The van der Waals surface area contributed by atoms with Gasteiger partial charge < -0.3 is 4.74 Å². The number of rotatable bonds is 4. The number of aromatic nitrogens is 2. The molecule has 0 fully saturated rings. The summed E-state index contributed by atoms with van der Waals surface area (Å²) in [6.45, 7) is 7.71. The average Bonchev–Trinajstić information content (AvgIpc) is 2.99. The Hall–Kier alpha value is -2.88. The Morgan fingerprint density at radius 1 is 1.04 bits per heavy atom. The van der Waals surface area contributed by atoms with Crippen molar-refractivity contribution < 1.29 is 9.53 Å². The summed E-state index contributed by atoms with van der Waals surface area (Å²) in [5.74, 6) is -0.0438. The third-order valence-corrected chi connectivity index (χ3v) is 4.00. The molecule has 0 N–H and O–H groups in total. The summed E-state index contributed by atoms with van der Waals surface area (Å²) < 4.78 is 7.32. The number of ether oxygens (including phenoxy) is 1. The summed E-state index contributed by atoms with van der Waals surface area (Å²) in [6, 6.07) is 17.8. The van der Waals surface area contributed by atoms with Crippen molar-refractivity contribution in [3.63, 3.8) is 0 Å². The van der Waals surface area contributed by atoms with E-state index in [2.05, 4.69) is 13.0 Å². The smallest absolute Gasteiger partial charge is 0.315 e. The predicted molar refractivity (Wildman–Crippen MR) is 98.9 cm³/mol. The molecule has 0 saturated carbocycles. The molecule has 0 atom stereocenters. The van der Waals surface area contributed by atoms with Crippen LogP contribution in [0.25, 0.3) is 16.9 Å². The maximum absolute atomic E-state index is 12.1. The highest BCUT2D eigenvalue weighted by Crippen LogP contribution is 2.28. The van der Waals surface area contributed by atoms with Gasteiger partial charge in [0.15, 0.2) is 0 Å². The van der Waals surface area contributed by atoms with Crippen molar-refractivity contribution in [1.82, 2.24) is 9.78 Å². The SMILES string of the molecule is Cc1ccc(-n2nc(-c3ccccc3)cc2OC(=O)C(C)C)c(C)c1. The van der Waals surface area contributed by atoms with Crippen LogP contribution >= 0.6 is 0 Å². The van der Waals surface area contributed by atoms with Gasteiger partial charge in [0.1, 0.15) is 0 Å². The van der Waals surface area contributed by atoms with Crippen LogP contribution in [0.4, 0.5) is 0 Å². The Balaban J connectivity index is 2.11. The molecule has 0 unspecified atom stereocenters. The number of esters is 1. The van der Waals surface area contributed by atoms with Gasteiger partial charge in [-0.3, -0.25) is 4.79 Å². The van der Waals surface area contributed by atoms with Gasteiger partial charge >= 0.3 is 5.97 Å². The van der Waals surface area contributed by atoms with Gasteiger partial charge in [0.25, 0.3) is 0 Å². The van der Waals surface area contributed by atoms with Gasteiger partial charge in [-0.05, 0) is 25.5 Å². The van der Waals surface area contributed by atoms with Gasteiger partial charge in [0.2, 0.25) is 5.88 Å². The van der Waals surface area contributed by atoms with Crippen molar-refractivity contribution in [3.8, 4) is 22.8 Å². The summed E-state index contributed by atoms with van der Waals surface area (Å²) in [7, 11) is 0. The van der Waals surface area contributed by atoms with Crippen LogP contribution in [0.5, 0.6) is 5.88 Å². The predicted octanol–water partition coefficient (Wildman–Crippen LogP) is 4.72. The van der Waals surface area contributed by atoms with Crippen molar-refractivity contribution in [2.75, 3.05) is 0 Å². The molecular weight excluding hydrogens is 312 g/mol. The summed E-state index contributed by atoms with van der Waals surface area (Å²) >= 11 is 0. The van der Waals surface area contributed by atoms with E-state index in [9.17, 15) is 4.79 Å². The summed E-state index contributed by atoms with van der Waals surface area (Å²) in [6.07, 6.45) is 0. The van der Waals surface area contributed by atoms with Crippen molar-refractivity contribution in [2.45, 2.75) is 27.7 Å². The van der Waals surface area contributed by atoms with Crippen molar-refractivity contribution >= 4 is 5.97 Å². The number of carbonyl (C=O) groups excluding carboxylic acids is 1. The second-order valence-electron chi connectivity index (χ2n) is 6.51. The molecule has 25 heavy (non-hydrogen) atoms. The zero-order chi connectivity index (χ0) is 18.0. The molecular formula is C21H22N2O2. The molecule has 0 aliphatic rings. The molecule has 0 saturated heterocycles. The van der Waals surface area contributed by atoms with Crippen molar-refractivity contribution in [2.24, 2.45) is 5.92 Å². The molecule has 4 heteroatoms. The lowest BCUT2D eigenvalue weighted by atomic mass is 10.1. The Morgan fingerprint density at radius 2 is 1.76 bits per heavy atom. The fourth-order valence-electron chi connectivity index (χ4n) is 2.62. The first kappa shape index (κ1) is 17.0. The van der Waals surface area contributed by atoms with E-state index in [4.69, 9.17) is 9.84 Å². The maximum Gasteiger partial charge on any atom is 0.315 e. The molecule has 0 bridgehead atoms. The highest BCUT2D eigenvalue weighted by atomic mass is 16.5. The first-order valence-corrected chi connectivity index (χ1v) is 8.40. The normalized spacial score (nSPS) is 10.9. The molecule has 4 nitrogen and oxygen atoms in total. The Morgan fingerprint density at radius 3 is 2.40 bits per heavy atom. The zero-order valence-electron chi connectivity index (χ0n) is 15.0. The quantitative estimate of drug-likeness (QED) is 0.649. The molecule has 1 heterocycles. The number of hydrogen-bond acceptors (Lipinski definition) is 3. The minimum Gasteiger partial charge on any atom is -0.407 e. The first-order valence-electron chi connectivity index (χ1n) is 8.40. The maximum atomic E-state index is 12.1. The van der Waals surface area contributed by atoms with Crippen LogP contribution < -0.4 is 4.74 Å². The Bertz CT molecular complexity index is 896. The van der Waals surface area contributed by atoms with Gasteiger partial charge in [-0.25, -0.2) is 0 Å². The van der Waals surface area contributed by atoms with E-state index in [1.165, 1.54) is 5.56 Å². The summed E-state index contributed by atoms with van der Waals surface area (Å²) in [4.78, 5) is 12.1. The van der Waals surface area contributed by atoms with Crippen LogP contribution in [0.1, 0.15) is 25.0 Å². The van der Waals surface area contributed by atoms with E-state index in [0.29, 0.717) is 5.88 Å². The van der Waals surface area contributed by atoms with Crippen molar-refractivity contribution in [3.05, 3.63) is 65.7 Å². The van der Waals surface area contributed by atoms with E-state index < -0.39 is 0 Å². The van der Waals surface area contributed by atoms with E-state index in [1.54, 1.807) is 4.68 Å². The van der Waals surface area contributed by atoms with Crippen molar-refractivity contribution in [1.29, 1.82) is 0 Å². The number of nitrogens with zero attached hydrogens (tertiary/aromatic N) is 2.